The van der Waals surface area contributed by atoms with E-state index in [0.717, 1.165) is 48.1 Å². The number of nitrogen functional groups attached to an aromatic ring is 1. The number of nitrogens with one attached hydrogen (secondary N) is 3. The average Bonchev–Trinajstić information content (AvgIpc) is 3.05. The fourth-order valence-electron chi connectivity index (χ4n) is 5.18. The van der Waals surface area contributed by atoms with Crippen molar-refractivity contribution in [1.29, 1.82) is 0 Å². The number of aromatic nitrogens is 3. The van der Waals surface area contributed by atoms with Gasteiger partial charge in [0.15, 0.2) is 5.82 Å². The van der Waals surface area contributed by atoms with Crippen molar-refractivity contribution in [3.8, 4) is 11.1 Å². The highest BCUT2D eigenvalue weighted by Gasteiger charge is 2.24. The maximum Gasteiger partial charge on any atom is 0.251 e. The smallest absolute Gasteiger partial charge is 0.251 e. The van der Waals surface area contributed by atoms with Gasteiger partial charge in [-0.3, -0.25) is 9.59 Å². The van der Waals surface area contributed by atoms with E-state index in [1.54, 1.807) is 56.8 Å². The van der Waals surface area contributed by atoms with Gasteiger partial charge in [0, 0.05) is 59.6 Å². The van der Waals surface area contributed by atoms with E-state index in [1.807, 2.05) is 36.4 Å². The quantitative estimate of drug-likeness (QED) is 0.149. The normalized spacial score (nSPS) is 14.5. The van der Waals surface area contributed by atoms with Gasteiger partial charge in [-0.05, 0) is 61.7 Å². The highest BCUT2D eigenvalue weighted by Crippen LogP contribution is 2.31. The van der Waals surface area contributed by atoms with Gasteiger partial charge < -0.3 is 21.7 Å². The lowest BCUT2D eigenvalue weighted by Gasteiger charge is -2.24. The van der Waals surface area contributed by atoms with E-state index in [2.05, 4.69) is 30.9 Å². The minimum Gasteiger partial charge on any atom is -0.398 e. The average molecular weight is 577 g/mol. The maximum atomic E-state index is 13.1. The zero-order valence-corrected chi connectivity index (χ0v) is 24.4. The Bertz CT molecular complexity index is 1580. The van der Waals surface area contributed by atoms with Crippen LogP contribution in [0.3, 0.4) is 0 Å². The number of anilines is 3. The molecule has 1 unspecified atom stereocenters. The van der Waals surface area contributed by atoms with Crippen molar-refractivity contribution in [1.82, 2.24) is 20.3 Å². The van der Waals surface area contributed by atoms with Gasteiger partial charge in [-0.25, -0.2) is 19.9 Å². The Hall–Kier alpha value is -5.12. The van der Waals surface area contributed by atoms with Crippen LogP contribution in [-0.4, -0.2) is 45.6 Å². The van der Waals surface area contributed by atoms with Crippen molar-refractivity contribution in [2.24, 2.45) is 10.9 Å². The van der Waals surface area contributed by atoms with Crippen LogP contribution in [0.4, 0.5) is 23.1 Å². The molecule has 4 aromatic rings. The van der Waals surface area contributed by atoms with Crippen molar-refractivity contribution in [2.75, 3.05) is 23.4 Å². The zero-order valence-electron chi connectivity index (χ0n) is 24.4. The SMILES string of the molecule is CNc1ncc(-c2ccc(NC(=O)C(C)NC(=O)c3ccc(C(=Nc4ccccn4)C4CCCCC4)c(N)c3)cc2)cn1. The second kappa shape index (κ2) is 13.7. The van der Waals surface area contributed by atoms with Gasteiger partial charge in [0.25, 0.3) is 5.91 Å². The summed E-state index contributed by atoms with van der Waals surface area (Å²) in [6, 6.07) is 17.4. The Labute approximate surface area is 251 Å². The van der Waals surface area contributed by atoms with Crippen LogP contribution in [0.5, 0.6) is 0 Å². The zero-order chi connectivity index (χ0) is 30.2. The third-order valence-electron chi connectivity index (χ3n) is 7.57. The summed E-state index contributed by atoms with van der Waals surface area (Å²) in [7, 11) is 1.76. The van der Waals surface area contributed by atoms with Crippen molar-refractivity contribution in [3.05, 3.63) is 90.4 Å². The first-order chi connectivity index (χ1) is 20.9. The number of benzene rings is 2. The van der Waals surface area contributed by atoms with Gasteiger partial charge in [0.05, 0.1) is 5.71 Å². The summed E-state index contributed by atoms with van der Waals surface area (Å²) in [6.07, 6.45) is 10.8. The molecule has 0 saturated heterocycles. The van der Waals surface area contributed by atoms with Crippen LogP contribution >= 0.6 is 0 Å². The Morgan fingerprint density at radius 2 is 1.67 bits per heavy atom. The molecule has 2 aromatic heterocycles. The molecule has 2 heterocycles. The van der Waals surface area contributed by atoms with Gasteiger partial charge in [-0.15, -0.1) is 0 Å². The molecule has 220 valence electrons. The van der Waals surface area contributed by atoms with Crippen molar-refractivity contribution in [2.45, 2.75) is 45.1 Å². The first kappa shape index (κ1) is 29.4. The number of carbonyl (C=O) groups excluding carboxylic acids is 2. The van der Waals surface area contributed by atoms with Crippen molar-refractivity contribution in [3.63, 3.8) is 0 Å². The molecule has 1 atom stereocenters. The van der Waals surface area contributed by atoms with Gasteiger partial charge in [0.2, 0.25) is 11.9 Å². The van der Waals surface area contributed by atoms with E-state index in [-0.39, 0.29) is 17.7 Å². The number of nitrogens with two attached hydrogens (primary N) is 1. The summed E-state index contributed by atoms with van der Waals surface area (Å²) in [6.45, 7) is 1.64. The number of hydrogen-bond donors (Lipinski definition) is 4. The third kappa shape index (κ3) is 7.40. The van der Waals surface area contributed by atoms with Gasteiger partial charge in [-0.2, -0.15) is 0 Å². The number of amides is 2. The minimum absolute atomic E-state index is 0.280. The Kier molecular flexibility index (Phi) is 9.36. The van der Waals surface area contributed by atoms with Gasteiger partial charge in [0.1, 0.15) is 6.04 Å². The molecule has 0 aliphatic heterocycles. The highest BCUT2D eigenvalue weighted by molar-refractivity contribution is 6.09. The van der Waals surface area contributed by atoms with E-state index in [0.29, 0.717) is 28.7 Å². The molecule has 10 nitrogen and oxygen atoms in total. The van der Waals surface area contributed by atoms with E-state index in [9.17, 15) is 9.59 Å². The number of rotatable bonds is 9. The molecule has 2 amide bonds. The Balaban J connectivity index is 1.24. The molecular formula is C33H36N8O2. The number of aliphatic imine (C=N–C) groups is 1. The fourth-order valence-corrected chi connectivity index (χ4v) is 5.18. The molecule has 5 rings (SSSR count). The first-order valence-corrected chi connectivity index (χ1v) is 14.5. The lowest BCUT2D eigenvalue weighted by Crippen LogP contribution is -2.41. The highest BCUT2D eigenvalue weighted by atomic mass is 16.2. The molecule has 0 bridgehead atoms. The minimum atomic E-state index is -0.779. The predicted molar refractivity (Wildman–Crippen MR) is 170 cm³/mol. The summed E-state index contributed by atoms with van der Waals surface area (Å²) in [5.74, 6) is 0.733. The van der Waals surface area contributed by atoms with Crippen molar-refractivity contribution >= 4 is 40.7 Å². The molecular weight excluding hydrogens is 540 g/mol. The molecule has 2 aromatic carbocycles. The summed E-state index contributed by atoms with van der Waals surface area (Å²) < 4.78 is 0. The lowest BCUT2D eigenvalue weighted by molar-refractivity contribution is -0.117. The molecule has 5 N–H and O–H groups in total. The van der Waals surface area contributed by atoms with Crippen LogP contribution in [0.25, 0.3) is 11.1 Å². The molecule has 1 aliphatic carbocycles. The van der Waals surface area contributed by atoms with E-state index in [4.69, 9.17) is 10.7 Å². The number of pyridine rings is 1. The van der Waals surface area contributed by atoms with Crippen molar-refractivity contribution < 1.29 is 9.59 Å². The fraction of sp³-hybridized carbons (Fsp3) is 0.273. The van der Waals surface area contributed by atoms with E-state index in [1.165, 1.54) is 6.42 Å². The number of hydrogen-bond acceptors (Lipinski definition) is 8. The maximum absolute atomic E-state index is 13.1. The molecule has 0 radical (unpaired) electrons. The summed E-state index contributed by atoms with van der Waals surface area (Å²) in [5, 5.41) is 8.51. The molecule has 1 aliphatic rings. The lowest BCUT2D eigenvalue weighted by atomic mass is 9.82. The molecule has 0 spiro atoms. The first-order valence-electron chi connectivity index (χ1n) is 14.5. The second-order valence-corrected chi connectivity index (χ2v) is 10.6. The number of nitrogens with zero attached hydrogens (tertiary/aromatic N) is 4. The van der Waals surface area contributed by atoms with Gasteiger partial charge >= 0.3 is 0 Å². The largest absolute Gasteiger partial charge is 0.398 e. The topological polar surface area (TPSA) is 147 Å². The molecule has 43 heavy (non-hydrogen) atoms. The van der Waals surface area contributed by atoms with Crippen LogP contribution in [0.2, 0.25) is 0 Å². The van der Waals surface area contributed by atoms with Crippen LogP contribution in [0.1, 0.15) is 54.9 Å². The van der Waals surface area contributed by atoms with Gasteiger partial charge in [-0.1, -0.05) is 43.5 Å². The molecule has 10 heteroatoms. The summed E-state index contributed by atoms with van der Waals surface area (Å²) in [5.41, 5.74) is 11.5. The monoisotopic (exact) mass is 576 g/mol. The standard InChI is InChI=1S/C33H36N8O2/c1-21(31(42)40-26-14-11-22(12-15-26)25-19-37-33(35-2)38-20-25)39-32(43)24-13-16-27(28(34)18-24)30(23-8-4-3-5-9-23)41-29-10-6-7-17-36-29/h6-7,10-21,23H,3-5,8-9,34H2,1-2H3,(H,39,43)(H,40,42)(H,35,37,38). The van der Waals surface area contributed by atoms with Crippen LogP contribution in [0, 0.1) is 5.92 Å². The van der Waals surface area contributed by atoms with Crippen LogP contribution in [-0.2, 0) is 4.79 Å². The summed E-state index contributed by atoms with van der Waals surface area (Å²) in [4.78, 5) is 43.7. The van der Waals surface area contributed by atoms with E-state index >= 15 is 0 Å². The molecule has 1 fully saturated rings. The number of carbonyl (C=O) groups is 2. The summed E-state index contributed by atoms with van der Waals surface area (Å²) >= 11 is 0. The third-order valence-corrected chi connectivity index (χ3v) is 7.57. The predicted octanol–water partition coefficient (Wildman–Crippen LogP) is 5.62. The Morgan fingerprint density at radius 3 is 2.33 bits per heavy atom. The second-order valence-electron chi connectivity index (χ2n) is 10.6. The Morgan fingerprint density at radius 1 is 0.930 bits per heavy atom. The van der Waals surface area contributed by atoms with Crippen LogP contribution < -0.4 is 21.7 Å². The molecule has 1 saturated carbocycles. The van der Waals surface area contributed by atoms with E-state index < -0.39 is 6.04 Å². The van der Waals surface area contributed by atoms with Crippen LogP contribution in [0.15, 0.2) is 84.2 Å².